The van der Waals surface area contributed by atoms with Crippen LogP contribution in [-0.4, -0.2) is 34.1 Å². The van der Waals surface area contributed by atoms with Crippen LogP contribution in [0.2, 0.25) is 18.1 Å². The lowest BCUT2D eigenvalue weighted by Crippen LogP contribution is -2.47. The lowest BCUT2D eigenvalue weighted by atomic mass is 10.4. The van der Waals surface area contributed by atoms with Crippen LogP contribution in [0.4, 0.5) is 13.2 Å². The van der Waals surface area contributed by atoms with Crippen molar-refractivity contribution in [3.63, 3.8) is 0 Å². The van der Waals surface area contributed by atoms with Gasteiger partial charge in [-0.1, -0.05) is 38.9 Å². The van der Waals surface area contributed by atoms with E-state index in [-0.39, 0.29) is 11.6 Å². The molecule has 10 heteroatoms. The van der Waals surface area contributed by atoms with Crippen LogP contribution in [0.1, 0.15) is 20.8 Å². The van der Waals surface area contributed by atoms with Crippen LogP contribution in [0.15, 0.2) is 12.3 Å². The molecule has 1 aromatic rings. The van der Waals surface area contributed by atoms with Crippen molar-refractivity contribution in [1.29, 1.82) is 0 Å². The highest BCUT2D eigenvalue weighted by atomic mass is 32.2. The van der Waals surface area contributed by atoms with Crippen molar-refractivity contribution in [2.24, 2.45) is 0 Å². The molecular formula is C13H20F3NO4SSi. The van der Waals surface area contributed by atoms with E-state index in [4.69, 9.17) is 4.74 Å². The molecule has 0 saturated carbocycles. The van der Waals surface area contributed by atoms with Crippen LogP contribution in [0, 0.1) is 0 Å². The van der Waals surface area contributed by atoms with E-state index in [1.54, 1.807) is 0 Å². The molecule has 0 N–H and O–H groups in total. The molecule has 5 nitrogen and oxygen atoms in total. The fourth-order valence-corrected chi connectivity index (χ4v) is 6.75. The van der Waals surface area contributed by atoms with Crippen LogP contribution in [0.3, 0.4) is 0 Å². The molecule has 0 atom stereocenters. The van der Waals surface area contributed by atoms with Crippen LogP contribution < -0.4 is 14.1 Å². The Hall–Kier alpha value is -1.29. The molecule has 0 aliphatic heterocycles. The summed E-state index contributed by atoms with van der Waals surface area (Å²) in [5.74, 6) is -0.149. The first-order valence-electron chi connectivity index (χ1n) is 7.12. The highest BCUT2D eigenvalue weighted by Gasteiger charge is 2.49. The highest BCUT2D eigenvalue weighted by molar-refractivity contribution is 7.88. The van der Waals surface area contributed by atoms with Crippen LogP contribution >= 0.6 is 0 Å². The van der Waals surface area contributed by atoms with E-state index in [0.717, 1.165) is 24.3 Å². The Morgan fingerprint density at radius 1 is 1.17 bits per heavy atom. The molecule has 0 aliphatic rings. The molecular weight excluding hydrogens is 351 g/mol. The zero-order chi connectivity index (χ0) is 17.9. The average molecular weight is 371 g/mol. The van der Waals surface area contributed by atoms with Crippen molar-refractivity contribution >= 4 is 23.4 Å². The Bertz CT molecular complexity index is 637. The summed E-state index contributed by atoms with van der Waals surface area (Å²) in [5.41, 5.74) is -5.49. The zero-order valence-electron chi connectivity index (χ0n) is 13.4. The summed E-state index contributed by atoms with van der Waals surface area (Å²) in [6.45, 7) is 5.82. The van der Waals surface area contributed by atoms with Gasteiger partial charge in [0.2, 0.25) is 5.88 Å². The maximum Gasteiger partial charge on any atom is 0.534 e. The molecule has 23 heavy (non-hydrogen) atoms. The monoisotopic (exact) mass is 371 g/mol. The molecule has 1 aromatic heterocycles. The van der Waals surface area contributed by atoms with Crippen molar-refractivity contribution in [2.75, 3.05) is 7.11 Å². The van der Waals surface area contributed by atoms with E-state index in [0.29, 0.717) is 5.19 Å². The molecule has 0 radical (unpaired) electrons. The number of nitrogens with zero attached hydrogens (tertiary/aromatic N) is 1. The summed E-state index contributed by atoms with van der Waals surface area (Å²) in [6, 6.07) is 3.69. The number of alkyl halides is 3. The predicted octanol–water partition coefficient (Wildman–Crippen LogP) is 3.03. The lowest BCUT2D eigenvalue weighted by Gasteiger charge is -2.30. The van der Waals surface area contributed by atoms with Gasteiger partial charge < -0.3 is 8.92 Å². The molecule has 0 spiro atoms. The number of methoxy groups -OCH3 is 1. The first-order valence-corrected chi connectivity index (χ1v) is 11.1. The van der Waals surface area contributed by atoms with Gasteiger partial charge in [-0.3, -0.25) is 0 Å². The smallest absolute Gasteiger partial charge is 0.481 e. The van der Waals surface area contributed by atoms with E-state index in [1.165, 1.54) is 13.2 Å². The highest BCUT2D eigenvalue weighted by Crippen LogP contribution is 2.30. The lowest BCUT2D eigenvalue weighted by molar-refractivity contribution is -0.0499. The van der Waals surface area contributed by atoms with Crippen molar-refractivity contribution in [1.82, 2.24) is 4.98 Å². The van der Waals surface area contributed by atoms with Gasteiger partial charge in [0.15, 0.2) is 5.75 Å². The number of hydrogen-bond donors (Lipinski definition) is 0. The maximum atomic E-state index is 12.6. The molecule has 0 fully saturated rings. The fourth-order valence-electron chi connectivity index (χ4n) is 2.50. The zero-order valence-corrected chi connectivity index (χ0v) is 15.2. The van der Waals surface area contributed by atoms with Gasteiger partial charge in [0, 0.05) is 6.07 Å². The second kappa shape index (κ2) is 7.08. The normalized spacial score (nSPS) is 13.0. The molecule has 0 amide bonds. The fraction of sp³-hybridized carbons (Fsp3) is 0.615. The maximum absolute atomic E-state index is 12.6. The minimum atomic E-state index is -5.74. The second-order valence-electron chi connectivity index (χ2n) is 5.05. The van der Waals surface area contributed by atoms with Gasteiger partial charge in [-0.05, 0) is 5.19 Å². The number of pyridine rings is 1. The third-order valence-corrected chi connectivity index (χ3v) is 10.7. The predicted molar refractivity (Wildman–Crippen MR) is 83.2 cm³/mol. The van der Waals surface area contributed by atoms with Gasteiger partial charge in [-0.25, -0.2) is 4.98 Å². The molecule has 0 aliphatic carbocycles. The minimum absolute atomic E-state index is 0.212. The molecule has 1 rings (SSSR count). The van der Waals surface area contributed by atoms with Crippen molar-refractivity contribution < 1.29 is 30.5 Å². The molecule has 0 aromatic carbocycles. The average Bonchev–Trinajstić information content (AvgIpc) is 2.49. The Labute approximate surface area is 135 Å². The summed E-state index contributed by atoms with van der Waals surface area (Å²) < 4.78 is 69.8. The first-order chi connectivity index (χ1) is 10.6. The van der Waals surface area contributed by atoms with Crippen molar-refractivity contribution in [2.45, 2.75) is 44.4 Å². The van der Waals surface area contributed by atoms with Crippen LogP contribution in [0.25, 0.3) is 0 Å². The Balaban J connectivity index is 3.50. The number of rotatable bonds is 7. The van der Waals surface area contributed by atoms with Crippen LogP contribution in [-0.2, 0) is 10.1 Å². The van der Waals surface area contributed by atoms with Crippen molar-refractivity contribution in [3.05, 3.63) is 12.3 Å². The molecule has 132 valence electrons. The molecule has 0 unspecified atom stereocenters. The minimum Gasteiger partial charge on any atom is -0.481 e. The standard InChI is InChI=1S/C13H20F3NO4SSi/c1-5-23(6-2,7-3)11-8-12(20-4)17-9-10(11)21-22(18,19)13(14,15)16/h8-9H,5-7H2,1-4H3. The number of hydrogen-bond acceptors (Lipinski definition) is 5. The van der Waals surface area contributed by atoms with Gasteiger partial charge in [-0.15, -0.1) is 0 Å². The topological polar surface area (TPSA) is 65.5 Å². The van der Waals surface area contributed by atoms with Gasteiger partial charge in [-0.2, -0.15) is 21.6 Å². The summed E-state index contributed by atoms with van der Waals surface area (Å²) >= 11 is 0. The Kier molecular flexibility index (Phi) is 6.08. The van der Waals surface area contributed by atoms with E-state index >= 15 is 0 Å². The van der Waals surface area contributed by atoms with E-state index in [2.05, 4.69) is 9.17 Å². The first kappa shape index (κ1) is 19.8. The van der Waals surface area contributed by atoms with E-state index in [1.807, 2.05) is 20.8 Å². The number of ether oxygens (including phenoxy) is 1. The van der Waals surface area contributed by atoms with Crippen LogP contribution in [0.5, 0.6) is 11.6 Å². The van der Waals surface area contributed by atoms with E-state index in [9.17, 15) is 21.6 Å². The molecule has 0 saturated heterocycles. The van der Waals surface area contributed by atoms with E-state index < -0.39 is 23.7 Å². The number of aromatic nitrogens is 1. The third kappa shape index (κ3) is 3.97. The summed E-state index contributed by atoms with van der Waals surface area (Å²) in [5, 5.41) is 0.477. The SMILES string of the molecule is CC[Si](CC)(CC)c1cc(OC)ncc1OS(=O)(=O)C(F)(F)F. The Morgan fingerprint density at radius 3 is 2.09 bits per heavy atom. The Morgan fingerprint density at radius 2 is 1.70 bits per heavy atom. The second-order valence-corrected chi connectivity index (χ2v) is 11.8. The molecule has 0 bridgehead atoms. The summed E-state index contributed by atoms with van der Waals surface area (Å²) in [4.78, 5) is 3.78. The number of halogens is 3. The summed E-state index contributed by atoms with van der Waals surface area (Å²) in [7, 11) is -6.58. The molecule has 1 heterocycles. The summed E-state index contributed by atoms with van der Waals surface area (Å²) in [6.07, 6.45) is 0.986. The van der Waals surface area contributed by atoms with Gasteiger partial charge >= 0.3 is 15.6 Å². The van der Waals surface area contributed by atoms with Gasteiger partial charge in [0.25, 0.3) is 0 Å². The quantitative estimate of drug-likeness (QED) is 0.419. The largest absolute Gasteiger partial charge is 0.534 e. The van der Waals surface area contributed by atoms with Crippen molar-refractivity contribution in [3.8, 4) is 11.6 Å². The van der Waals surface area contributed by atoms with Gasteiger partial charge in [0.05, 0.1) is 21.4 Å². The third-order valence-electron chi connectivity index (χ3n) is 4.14. The van der Waals surface area contributed by atoms with Gasteiger partial charge in [0.1, 0.15) is 0 Å².